The van der Waals surface area contributed by atoms with E-state index in [1.54, 1.807) is 20.8 Å². The predicted molar refractivity (Wildman–Crippen MR) is 162 cm³/mol. The minimum atomic E-state index is -0.835. The summed E-state index contributed by atoms with van der Waals surface area (Å²) >= 11 is 0. The van der Waals surface area contributed by atoms with E-state index in [9.17, 15) is 9.59 Å². The molecule has 0 radical (unpaired) electrons. The maximum atomic E-state index is 11.8. The zero-order chi connectivity index (χ0) is 30.3. The first-order valence-electron chi connectivity index (χ1n) is 14.3. The number of hydrogen-bond donors (Lipinski definition) is 2. The number of carbonyl (C=O) groups is 2. The van der Waals surface area contributed by atoms with Crippen LogP contribution in [0.15, 0.2) is 30.3 Å². The van der Waals surface area contributed by atoms with Crippen molar-refractivity contribution in [2.45, 2.75) is 118 Å². The fraction of sp³-hybridized carbons (Fsp3) is 0.606. The van der Waals surface area contributed by atoms with Crippen LogP contribution in [0.5, 0.6) is 11.5 Å². The largest absolute Gasteiger partial charge is 0.479 e. The summed E-state index contributed by atoms with van der Waals surface area (Å²) in [6.45, 7) is 24.9. The SMILES string of the molecule is CC(C)(C)C1CC1.CC1(C)Oc2ccc(C(C)(C)C)nc2NC1=O.C[C@H]1Oc2ccc(C(C)(C)C)cc2NC1=O. The van der Waals surface area contributed by atoms with E-state index < -0.39 is 11.7 Å². The molecule has 40 heavy (non-hydrogen) atoms. The van der Waals surface area contributed by atoms with Gasteiger partial charge in [0.25, 0.3) is 11.8 Å². The van der Waals surface area contributed by atoms with Crippen molar-refractivity contribution in [3.8, 4) is 11.5 Å². The van der Waals surface area contributed by atoms with Crippen LogP contribution in [-0.4, -0.2) is 28.5 Å². The van der Waals surface area contributed by atoms with E-state index in [1.165, 1.54) is 18.4 Å². The second-order valence-electron chi connectivity index (χ2n) is 14.7. The Bertz CT molecular complexity index is 1240. The lowest BCUT2D eigenvalue weighted by Gasteiger charge is -2.31. The van der Waals surface area contributed by atoms with E-state index >= 15 is 0 Å². The highest BCUT2D eigenvalue weighted by Crippen LogP contribution is 2.44. The zero-order valence-electron chi connectivity index (χ0n) is 26.5. The van der Waals surface area contributed by atoms with Gasteiger partial charge in [-0.25, -0.2) is 4.98 Å². The lowest BCUT2D eigenvalue weighted by atomic mass is 9.86. The number of ether oxygens (including phenoxy) is 2. The van der Waals surface area contributed by atoms with E-state index in [-0.39, 0.29) is 22.6 Å². The lowest BCUT2D eigenvalue weighted by molar-refractivity contribution is -0.129. The molecule has 0 saturated heterocycles. The monoisotopic (exact) mass is 551 g/mol. The highest BCUT2D eigenvalue weighted by molar-refractivity contribution is 5.99. The summed E-state index contributed by atoms with van der Waals surface area (Å²) in [5.74, 6) is 2.69. The van der Waals surface area contributed by atoms with Crippen molar-refractivity contribution in [3.05, 3.63) is 41.6 Å². The summed E-state index contributed by atoms with van der Waals surface area (Å²) in [5, 5.41) is 5.65. The van der Waals surface area contributed by atoms with E-state index in [2.05, 4.69) is 77.9 Å². The third-order valence-corrected chi connectivity index (χ3v) is 7.35. The Morgan fingerprint density at radius 2 is 1.45 bits per heavy atom. The van der Waals surface area contributed by atoms with Crippen LogP contribution >= 0.6 is 0 Å². The molecule has 2 N–H and O–H groups in total. The number of fused-ring (bicyclic) bond motifs is 2. The average Bonchev–Trinajstić information content (AvgIpc) is 3.65. The number of benzene rings is 1. The fourth-order valence-electron chi connectivity index (χ4n) is 4.24. The van der Waals surface area contributed by atoms with Crippen molar-refractivity contribution in [1.82, 2.24) is 4.98 Å². The molecule has 1 fully saturated rings. The number of rotatable bonds is 0. The van der Waals surface area contributed by atoms with Gasteiger partial charge in [0.1, 0.15) is 5.75 Å². The molecule has 2 aliphatic heterocycles. The summed E-state index contributed by atoms with van der Waals surface area (Å²) in [6.07, 6.45) is 2.54. The number of aromatic nitrogens is 1. The topological polar surface area (TPSA) is 89.6 Å². The van der Waals surface area contributed by atoms with Gasteiger partial charge >= 0.3 is 0 Å². The third-order valence-electron chi connectivity index (χ3n) is 7.35. The summed E-state index contributed by atoms with van der Waals surface area (Å²) in [6, 6.07) is 9.75. The molecule has 1 aromatic heterocycles. The third kappa shape index (κ3) is 7.98. The molecule has 1 aromatic carbocycles. The first kappa shape index (κ1) is 31.4. The van der Waals surface area contributed by atoms with Crippen molar-refractivity contribution in [3.63, 3.8) is 0 Å². The Hall–Kier alpha value is -3.09. The van der Waals surface area contributed by atoms with Gasteiger partial charge < -0.3 is 20.1 Å². The van der Waals surface area contributed by atoms with Crippen LogP contribution < -0.4 is 20.1 Å². The molecule has 1 saturated carbocycles. The molecule has 0 spiro atoms. The number of hydrogen-bond acceptors (Lipinski definition) is 5. The van der Waals surface area contributed by atoms with Crippen molar-refractivity contribution in [2.24, 2.45) is 11.3 Å². The van der Waals surface area contributed by atoms with Crippen LogP contribution in [0.2, 0.25) is 0 Å². The van der Waals surface area contributed by atoms with Gasteiger partial charge in [-0.3, -0.25) is 9.59 Å². The molecule has 7 nitrogen and oxygen atoms in total. The molecule has 2 aromatic rings. The Morgan fingerprint density at radius 3 is 1.95 bits per heavy atom. The minimum absolute atomic E-state index is 0.0489. The Morgan fingerprint density at radius 1 is 0.850 bits per heavy atom. The molecular weight excluding hydrogens is 502 g/mol. The molecule has 0 bridgehead atoms. The maximum absolute atomic E-state index is 11.8. The molecule has 2 amide bonds. The number of carbonyl (C=O) groups excluding carboxylic acids is 2. The van der Waals surface area contributed by atoms with Crippen molar-refractivity contribution in [2.75, 3.05) is 10.6 Å². The van der Waals surface area contributed by atoms with Gasteiger partial charge in [-0.2, -0.15) is 0 Å². The molecule has 1 atom stereocenters. The van der Waals surface area contributed by atoms with Gasteiger partial charge in [0.05, 0.1) is 5.69 Å². The number of nitrogens with one attached hydrogen (secondary N) is 2. The fourth-order valence-corrected chi connectivity index (χ4v) is 4.24. The van der Waals surface area contributed by atoms with E-state index in [0.717, 1.165) is 23.0 Å². The average molecular weight is 552 g/mol. The van der Waals surface area contributed by atoms with Crippen LogP contribution in [0.1, 0.15) is 107 Å². The summed E-state index contributed by atoms with van der Waals surface area (Å²) in [4.78, 5) is 27.7. The van der Waals surface area contributed by atoms with Crippen molar-refractivity contribution < 1.29 is 19.1 Å². The predicted octanol–water partition coefficient (Wildman–Crippen LogP) is 7.63. The first-order chi connectivity index (χ1) is 18.2. The molecule has 5 rings (SSSR count). The highest BCUT2D eigenvalue weighted by Gasteiger charge is 2.36. The molecule has 3 heterocycles. The molecule has 1 aliphatic carbocycles. The van der Waals surface area contributed by atoms with Crippen molar-refractivity contribution in [1.29, 1.82) is 0 Å². The van der Waals surface area contributed by atoms with Gasteiger partial charge in [-0.15, -0.1) is 0 Å². The van der Waals surface area contributed by atoms with Crippen LogP contribution in [0.3, 0.4) is 0 Å². The number of anilines is 2. The van der Waals surface area contributed by atoms with Gasteiger partial charge in [0.2, 0.25) is 0 Å². The van der Waals surface area contributed by atoms with Crippen molar-refractivity contribution >= 4 is 23.3 Å². The number of nitrogens with zero attached hydrogens (tertiary/aromatic N) is 1. The van der Waals surface area contributed by atoms with Crippen LogP contribution in [0.25, 0.3) is 0 Å². The summed E-state index contributed by atoms with van der Waals surface area (Å²) in [7, 11) is 0. The summed E-state index contributed by atoms with van der Waals surface area (Å²) in [5.41, 5.74) is 2.69. The Balaban J connectivity index is 0.000000179. The number of amides is 2. The van der Waals surface area contributed by atoms with Gasteiger partial charge in [0, 0.05) is 11.1 Å². The zero-order valence-corrected chi connectivity index (χ0v) is 26.5. The Kier molecular flexibility index (Phi) is 8.69. The molecule has 0 unspecified atom stereocenters. The molecule has 7 heteroatoms. The van der Waals surface area contributed by atoms with E-state index in [1.807, 2.05) is 30.3 Å². The standard InChI is InChI=1S/C13H18N2O2.C13H17NO2.C7H14/c1-12(2,3)9-7-6-8-10(14-9)15-11(16)13(4,5)17-8;1-8-12(15)14-10-7-9(13(2,3)4)5-6-11(10)16-8;1-7(2,3)6-4-5-6/h6-7H,1-5H3,(H,14,15,16);5-8H,1-4H3,(H,14,15);6H,4-5H2,1-3H3/t;8-;/m.1./s1. The first-order valence-corrected chi connectivity index (χ1v) is 14.3. The normalized spacial score (nSPS) is 19.6. The smallest absolute Gasteiger partial charge is 0.269 e. The minimum Gasteiger partial charge on any atom is -0.479 e. The quantitative estimate of drug-likeness (QED) is 0.351. The summed E-state index contributed by atoms with van der Waals surface area (Å²) < 4.78 is 11.1. The molecule has 3 aliphatic rings. The van der Waals surface area contributed by atoms with E-state index in [4.69, 9.17) is 9.47 Å². The molecule has 220 valence electrons. The Labute approximate surface area is 240 Å². The van der Waals surface area contributed by atoms with Gasteiger partial charge in [-0.1, -0.05) is 68.4 Å². The van der Waals surface area contributed by atoms with Crippen LogP contribution in [-0.2, 0) is 20.4 Å². The molecular formula is C33H49N3O4. The van der Waals surface area contributed by atoms with Crippen LogP contribution in [0.4, 0.5) is 11.5 Å². The van der Waals surface area contributed by atoms with Gasteiger partial charge in [0.15, 0.2) is 23.3 Å². The lowest BCUT2D eigenvalue weighted by Crippen LogP contribution is -2.46. The van der Waals surface area contributed by atoms with Gasteiger partial charge in [-0.05, 0) is 80.2 Å². The van der Waals surface area contributed by atoms with E-state index in [0.29, 0.717) is 17.0 Å². The second kappa shape index (κ2) is 11.1. The second-order valence-corrected chi connectivity index (χ2v) is 14.7. The highest BCUT2D eigenvalue weighted by atomic mass is 16.5. The number of pyridine rings is 1. The maximum Gasteiger partial charge on any atom is 0.269 e. The van der Waals surface area contributed by atoms with Crippen LogP contribution in [0, 0.1) is 11.3 Å².